The van der Waals surface area contributed by atoms with E-state index in [9.17, 15) is 8.42 Å². The molecule has 1 heterocycles. The van der Waals surface area contributed by atoms with Crippen LogP contribution >= 0.6 is 0 Å². The zero-order valence-electron chi connectivity index (χ0n) is 16.6. The van der Waals surface area contributed by atoms with Crippen molar-refractivity contribution in [2.24, 2.45) is 0 Å². The third-order valence-corrected chi connectivity index (χ3v) is 5.52. The second kappa shape index (κ2) is 13.0. The lowest BCUT2D eigenvalue weighted by Gasteiger charge is -2.23. The Labute approximate surface area is 159 Å². The minimum absolute atomic E-state index is 0.107. The van der Waals surface area contributed by atoms with Crippen molar-refractivity contribution < 1.29 is 27.2 Å². The van der Waals surface area contributed by atoms with Crippen LogP contribution in [0.4, 0.5) is 0 Å². The van der Waals surface area contributed by atoms with E-state index in [0.717, 1.165) is 12.8 Å². The van der Waals surface area contributed by atoms with Crippen molar-refractivity contribution >= 4 is 10.1 Å². The lowest BCUT2D eigenvalue weighted by Crippen LogP contribution is -2.28. The summed E-state index contributed by atoms with van der Waals surface area (Å²) in [4.78, 5) is 0. The predicted octanol–water partition coefficient (Wildman–Crippen LogP) is 4.33. The Kier molecular flexibility index (Phi) is 12.0. The van der Waals surface area contributed by atoms with E-state index in [2.05, 4.69) is 6.92 Å². The summed E-state index contributed by atoms with van der Waals surface area (Å²) in [6, 6.07) is 0. The van der Waals surface area contributed by atoms with E-state index in [1.807, 2.05) is 6.92 Å². The molecule has 2 unspecified atom stereocenters. The zero-order chi connectivity index (χ0) is 19.3. The molecule has 1 aliphatic heterocycles. The van der Waals surface area contributed by atoms with Gasteiger partial charge in [0, 0.05) is 13.0 Å². The van der Waals surface area contributed by atoms with Crippen molar-refractivity contribution in [2.75, 3.05) is 25.6 Å². The van der Waals surface area contributed by atoms with Crippen molar-refractivity contribution in [1.82, 2.24) is 0 Å². The molecule has 0 spiro atoms. The first kappa shape index (κ1) is 23.8. The van der Waals surface area contributed by atoms with Gasteiger partial charge in [-0.3, -0.25) is 4.55 Å². The Bertz CT molecular complexity index is 453. The van der Waals surface area contributed by atoms with Crippen LogP contribution in [0.1, 0.15) is 84.5 Å². The van der Waals surface area contributed by atoms with Crippen LogP contribution in [0.3, 0.4) is 0 Å². The van der Waals surface area contributed by atoms with Crippen LogP contribution in [-0.2, 0) is 24.3 Å². The molecule has 1 N–H and O–H groups in total. The van der Waals surface area contributed by atoms with Gasteiger partial charge in [-0.1, -0.05) is 58.3 Å². The topological polar surface area (TPSA) is 82.1 Å². The van der Waals surface area contributed by atoms with Gasteiger partial charge < -0.3 is 14.2 Å². The summed E-state index contributed by atoms with van der Waals surface area (Å²) in [5.74, 6) is -0.797. The lowest BCUT2D eigenvalue weighted by molar-refractivity contribution is -0.164. The monoisotopic (exact) mass is 394 g/mol. The fraction of sp³-hybridized carbons (Fsp3) is 1.00. The minimum Gasteiger partial charge on any atom is -0.379 e. The Morgan fingerprint density at radius 2 is 1.65 bits per heavy atom. The van der Waals surface area contributed by atoms with Crippen molar-refractivity contribution in [1.29, 1.82) is 0 Å². The fourth-order valence-corrected chi connectivity index (χ4v) is 3.70. The van der Waals surface area contributed by atoms with Crippen LogP contribution in [0, 0.1) is 0 Å². The van der Waals surface area contributed by atoms with Crippen LogP contribution < -0.4 is 0 Å². The molecule has 0 aromatic heterocycles. The molecule has 0 aromatic rings. The second-order valence-corrected chi connectivity index (χ2v) is 9.05. The van der Waals surface area contributed by atoms with Gasteiger partial charge in [-0.2, -0.15) is 8.42 Å². The van der Waals surface area contributed by atoms with E-state index >= 15 is 0 Å². The quantitative estimate of drug-likeness (QED) is 0.310. The summed E-state index contributed by atoms with van der Waals surface area (Å²) < 4.78 is 47.1. The molecule has 0 aromatic carbocycles. The van der Waals surface area contributed by atoms with Crippen molar-refractivity contribution in [3.8, 4) is 0 Å². The number of hydrogen-bond acceptors (Lipinski definition) is 5. The van der Waals surface area contributed by atoms with Gasteiger partial charge in [-0.25, -0.2) is 0 Å². The number of hydrogen-bond donors (Lipinski definition) is 1. The standard InChI is InChI=1S/C19H38O6S/c1-3-4-5-6-7-8-9-10-11-13-19(2)24-17-18(25-19)16-23-14-12-15-26(20,21)22/h18H,3-17H2,1-2H3,(H,20,21,22). The Balaban J connectivity index is 2.00. The summed E-state index contributed by atoms with van der Waals surface area (Å²) in [5.41, 5.74) is 0. The molecular formula is C19H38O6S. The molecule has 0 saturated carbocycles. The smallest absolute Gasteiger partial charge is 0.264 e. The van der Waals surface area contributed by atoms with Gasteiger partial charge in [0.1, 0.15) is 6.10 Å². The van der Waals surface area contributed by atoms with Gasteiger partial charge in [0.25, 0.3) is 10.1 Å². The normalized spacial score (nSPS) is 23.6. The predicted molar refractivity (Wildman–Crippen MR) is 103 cm³/mol. The first-order valence-electron chi connectivity index (χ1n) is 10.2. The van der Waals surface area contributed by atoms with Gasteiger partial charge in [-0.05, 0) is 19.8 Å². The van der Waals surface area contributed by atoms with Gasteiger partial charge >= 0.3 is 0 Å². The van der Waals surface area contributed by atoms with Crippen molar-refractivity contribution in [3.63, 3.8) is 0 Å². The molecule has 0 amide bonds. The number of rotatable bonds is 16. The Morgan fingerprint density at radius 1 is 1.04 bits per heavy atom. The van der Waals surface area contributed by atoms with E-state index in [1.165, 1.54) is 51.4 Å². The summed E-state index contributed by atoms with van der Waals surface area (Å²) in [7, 11) is -3.90. The highest BCUT2D eigenvalue weighted by molar-refractivity contribution is 7.85. The largest absolute Gasteiger partial charge is 0.379 e. The minimum atomic E-state index is -3.90. The highest BCUT2D eigenvalue weighted by Crippen LogP contribution is 2.29. The molecule has 1 rings (SSSR count). The van der Waals surface area contributed by atoms with Crippen LogP contribution in [0.25, 0.3) is 0 Å². The fourth-order valence-electron chi connectivity index (χ4n) is 3.22. The van der Waals surface area contributed by atoms with E-state index in [-0.39, 0.29) is 24.9 Å². The maximum absolute atomic E-state index is 10.6. The number of ether oxygens (including phenoxy) is 3. The van der Waals surface area contributed by atoms with Crippen molar-refractivity contribution in [3.05, 3.63) is 0 Å². The van der Waals surface area contributed by atoms with E-state index in [0.29, 0.717) is 13.2 Å². The van der Waals surface area contributed by atoms with E-state index in [4.69, 9.17) is 18.8 Å². The number of unbranched alkanes of at least 4 members (excludes halogenated alkanes) is 8. The molecule has 6 nitrogen and oxygen atoms in total. The summed E-state index contributed by atoms with van der Waals surface area (Å²) in [5, 5.41) is 0. The average Bonchev–Trinajstić information content (AvgIpc) is 2.93. The van der Waals surface area contributed by atoms with E-state index in [1.54, 1.807) is 0 Å². The van der Waals surface area contributed by atoms with Crippen molar-refractivity contribution in [2.45, 2.75) is 96.4 Å². The van der Waals surface area contributed by atoms with Gasteiger partial charge in [0.05, 0.1) is 19.0 Å². The molecule has 0 radical (unpaired) electrons. The zero-order valence-corrected chi connectivity index (χ0v) is 17.4. The molecule has 1 fully saturated rings. The highest BCUT2D eigenvalue weighted by atomic mass is 32.2. The molecule has 7 heteroatoms. The van der Waals surface area contributed by atoms with Crippen LogP contribution in [0.15, 0.2) is 0 Å². The molecule has 2 atom stereocenters. The maximum Gasteiger partial charge on any atom is 0.264 e. The Morgan fingerprint density at radius 3 is 2.27 bits per heavy atom. The molecule has 156 valence electrons. The first-order chi connectivity index (χ1) is 12.3. The first-order valence-corrected chi connectivity index (χ1v) is 11.8. The third kappa shape index (κ3) is 12.2. The highest BCUT2D eigenvalue weighted by Gasteiger charge is 2.36. The summed E-state index contributed by atoms with van der Waals surface area (Å²) >= 11 is 0. The van der Waals surface area contributed by atoms with Gasteiger partial charge in [-0.15, -0.1) is 0 Å². The lowest BCUT2D eigenvalue weighted by atomic mass is 10.0. The third-order valence-electron chi connectivity index (χ3n) is 4.72. The molecule has 0 bridgehead atoms. The SMILES string of the molecule is CCCCCCCCCCCC1(C)OCC(COCCCS(=O)(=O)O)O1. The molecule has 26 heavy (non-hydrogen) atoms. The summed E-state index contributed by atoms with van der Waals surface area (Å²) in [6.07, 6.45) is 12.7. The van der Waals surface area contributed by atoms with Gasteiger partial charge in [0.2, 0.25) is 0 Å². The van der Waals surface area contributed by atoms with Crippen LogP contribution in [0.5, 0.6) is 0 Å². The van der Waals surface area contributed by atoms with Crippen LogP contribution in [-0.4, -0.2) is 50.4 Å². The summed E-state index contributed by atoms with van der Waals surface area (Å²) in [6.45, 7) is 5.41. The Hall–Kier alpha value is -0.210. The molecule has 0 aliphatic carbocycles. The second-order valence-electron chi connectivity index (χ2n) is 7.48. The molecular weight excluding hydrogens is 356 g/mol. The maximum atomic E-state index is 10.6. The van der Waals surface area contributed by atoms with Crippen LogP contribution in [0.2, 0.25) is 0 Å². The molecule has 1 saturated heterocycles. The average molecular weight is 395 g/mol. The van der Waals surface area contributed by atoms with E-state index < -0.39 is 15.9 Å². The molecule has 1 aliphatic rings. The van der Waals surface area contributed by atoms with Gasteiger partial charge in [0.15, 0.2) is 5.79 Å².